The van der Waals surface area contributed by atoms with Crippen LogP contribution in [0.25, 0.3) is 0 Å². The quantitative estimate of drug-likeness (QED) is 0.831. The molecular weight excluding hydrogens is 334 g/mol. The van der Waals surface area contributed by atoms with Crippen molar-refractivity contribution >= 4 is 21.4 Å². The lowest BCUT2D eigenvalue weighted by molar-refractivity contribution is 0.171. The van der Waals surface area contributed by atoms with Gasteiger partial charge in [-0.3, -0.25) is 0 Å². The summed E-state index contributed by atoms with van der Waals surface area (Å²) in [6.07, 6.45) is 1.85. The molecule has 0 radical (unpaired) electrons. The second kappa shape index (κ2) is 5.81. The van der Waals surface area contributed by atoms with Crippen LogP contribution in [-0.4, -0.2) is 32.0 Å². The van der Waals surface area contributed by atoms with Crippen LogP contribution in [-0.2, 0) is 16.6 Å². The van der Waals surface area contributed by atoms with Gasteiger partial charge in [-0.05, 0) is 36.4 Å². The van der Waals surface area contributed by atoms with Gasteiger partial charge in [0.25, 0.3) is 0 Å². The van der Waals surface area contributed by atoms with Crippen molar-refractivity contribution in [3.63, 3.8) is 0 Å². The predicted octanol–water partition coefficient (Wildman–Crippen LogP) is 2.87. The largest absolute Gasteiger partial charge is 0.486 e. The minimum atomic E-state index is -3.54. The van der Waals surface area contributed by atoms with Crippen molar-refractivity contribution in [2.75, 3.05) is 13.2 Å². The molecule has 2 aromatic rings. The fourth-order valence-corrected chi connectivity index (χ4v) is 5.11. The van der Waals surface area contributed by atoms with Gasteiger partial charge >= 0.3 is 0 Å². The lowest BCUT2D eigenvalue weighted by Crippen LogP contribution is -2.32. The molecule has 0 unspecified atom stereocenters. The molecule has 7 heteroatoms. The molecule has 1 aromatic carbocycles. The van der Waals surface area contributed by atoms with E-state index in [2.05, 4.69) is 0 Å². The second-order valence-electron chi connectivity index (χ2n) is 5.67. The summed E-state index contributed by atoms with van der Waals surface area (Å²) in [5, 5.41) is 1.97. The number of nitrogens with zero attached hydrogens (tertiary/aromatic N) is 1. The highest BCUT2D eigenvalue weighted by atomic mass is 32.2. The van der Waals surface area contributed by atoms with Crippen molar-refractivity contribution in [2.24, 2.45) is 0 Å². The third-order valence-electron chi connectivity index (χ3n) is 3.97. The summed E-state index contributed by atoms with van der Waals surface area (Å²) >= 11 is 1.58. The van der Waals surface area contributed by atoms with Gasteiger partial charge in [0.2, 0.25) is 10.0 Å². The van der Waals surface area contributed by atoms with Crippen molar-refractivity contribution < 1.29 is 17.9 Å². The van der Waals surface area contributed by atoms with Crippen molar-refractivity contribution in [2.45, 2.75) is 30.3 Å². The van der Waals surface area contributed by atoms with Gasteiger partial charge in [0.1, 0.15) is 13.2 Å². The van der Waals surface area contributed by atoms with Gasteiger partial charge in [-0.1, -0.05) is 6.07 Å². The minimum Gasteiger partial charge on any atom is -0.486 e. The van der Waals surface area contributed by atoms with E-state index in [0.29, 0.717) is 31.3 Å². The molecule has 1 aromatic heterocycles. The molecule has 0 saturated heterocycles. The van der Waals surface area contributed by atoms with Crippen LogP contribution >= 0.6 is 11.3 Å². The molecule has 2 aliphatic rings. The summed E-state index contributed by atoms with van der Waals surface area (Å²) in [6, 6.07) is 8.88. The van der Waals surface area contributed by atoms with E-state index in [1.54, 1.807) is 33.8 Å². The summed E-state index contributed by atoms with van der Waals surface area (Å²) in [5.74, 6) is 1.11. The summed E-state index contributed by atoms with van der Waals surface area (Å²) in [6.45, 7) is 1.36. The van der Waals surface area contributed by atoms with Crippen molar-refractivity contribution in [1.82, 2.24) is 4.31 Å². The standard InChI is InChI=1S/C16H17NO4S2/c18-23(19,14-5-6-15-16(10-14)21-8-7-20-15)17(12-3-4-12)11-13-2-1-9-22-13/h1-2,5-6,9-10,12H,3-4,7-8,11H2. The molecule has 1 aliphatic carbocycles. The molecule has 122 valence electrons. The van der Waals surface area contributed by atoms with Crippen LogP contribution < -0.4 is 9.47 Å². The smallest absolute Gasteiger partial charge is 0.243 e. The summed E-state index contributed by atoms with van der Waals surface area (Å²) in [7, 11) is -3.54. The van der Waals surface area contributed by atoms with E-state index < -0.39 is 10.0 Å². The van der Waals surface area contributed by atoms with Gasteiger partial charge in [-0.2, -0.15) is 4.31 Å². The number of hydrogen-bond donors (Lipinski definition) is 0. The maximum atomic E-state index is 13.1. The van der Waals surface area contributed by atoms with E-state index in [4.69, 9.17) is 9.47 Å². The third-order valence-corrected chi connectivity index (χ3v) is 6.72. The Bertz CT molecular complexity index is 797. The molecule has 4 rings (SSSR count). The molecule has 1 aliphatic heterocycles. The normalized spacial score (nSPS) is 17.4. The zero-order chi connectivity index (χ0) is 15.9. The topological polar surface area (TPSA) is 55.8 Å². The Labute approximate surface area is 139 Å². The highest BCUT2D eigenvalue weighted by Crippen LogP contribution is 2.37. The monoisotopic (exact) mass is 351 g/mol. The van der Waals surface area contributed by atoms with Gasteiger partial charge in [-0.15, -0.1) is 11.3 Å². The minimum absolute atomic E-state index is 0.107. The van der Waals surface area contributed by atoms with E-state index in [9.17, 15) is 8.42 Å². The van der Waals surface area contributed by atoms with Crippen LogP contribution in [0.3, 0.4) is 0 Å². The van der Waals surface area contributed by atoms with Crippen LogP contribution in [0.5, 0.6) is 11.5 Å². The maximum Gasteiger partial charge on any atom is 0.243 e. The fraction of sp³-hybridized carbons (Fsp3) is 0.375. The van der Waals surface area contributed by atoms with Gasteiger partial charge in [0, 0.05) is 23.5 Å². The average Bonchev–Trinajstić information content (AvgIpc) is 3.27. The third kappa shape index (κ3) is 2.96. The van der Waals surface area contributed by atoms with Crippen LogP contribution in [0.1, 0.15) is 17.7 Å². The molecule has 2 heterocycles. The molecule has 1 fully saturated rings. The molecule has 5 nitrogen and oxygen atoms in total. The first-order valence-corrected chi connectivity index (χ1v) is 9.90. The van der Waals surface area contributed by atoms with E-state index in [-0.39, 0.29) is 10.9 Å². The number of fused-ring (bicyclic) bond motifs is 1. The number of thiophene rings is 1. The molecule has 0 atom stereocenters. The van der Waals surface area contributed by atoms with Gasteiger partial charge in [0.15, 0.2) is 11.5 Å². The van der Waals surface area contributed by atoms with E-state index in [1.165, 1.54) is 0 Å². The zero-order valence-electron chi connectivity index (χ0n) is 12.5. The molecule has 1 saturated carbocycles. The lowest BCUT2D eigenvalue weighted by Gasteiger charge is -2.23. The highest BCUT2D eigenvalue weighted by molar-refractivity contribution is 7.89. The Morgan fingerprint density at radius 3 is 2.61 bits per heavy atom. The van der Waals surface area contributed by atoms with Crippen LogP contribution in [0.15, 0.2) is 40.6 Å². The molecule has 0 N–H and O–H groups in total. The second-order valence-corrected chi connectivity index (χ2v) is 8.59. The van der Waals surface area contributed by atoms with Gasteiger partial charge < -0.3 is 9.47 Å². The van der Waals surface area contributed by atoms with E-state index >= 15 is 0 Å². The van der Waals surface area contributed by atoms with Crippen molar-refractivity contribution in [1.29, 1.82) is 0 Å². The Hall–Kier alpha value is -1.57. The average molecular weight is 351 g/mol. The molecule has 0 amide bonds. The first-order valence-electron chi connectivity index (χ1n) is 7.58. The number of hydrogen-bond acceptors (Lipinski definition) is 5. The highest BCUT2D eigenvalue weighted by Gasteiger charge is 2.38. The maximum absolute atomic E-state index is 13.1. The Morgan fingerprint density at radius 2 is 1.91 bits per heavy atom. The zero-order valence-corrected chi connectivity index (χ0v) is 14.1. The van der Waals surface area contributed by atoms with Gasteiger partial charge in [0.05, 0.1) is 4.90 Å². The number of ether oxygens (including phenoxy) is 2. The Kier molecular flexibility index (Phi) is 3.79. The molecule has 0 bridgehead atoms. The molecule has 23 heavy (non-hydrogen) atoms. The first-order chi connectivity index (χ1) is 11.1. The molecular formula is C16H17NO4S2. The van der Waals surface area contributed by atoms with E-state index in [1.807, 2.05) is 17.5 Å². The van der Waals surface area contributed by atoms with Crippen LogP contribution in [0, 0.1) is 0 Å². The summed E-state index contributed by atoms with van der Waals surface area (Å²) < 4.78 is 38.7. The number of rotatable bonds is 5. The molecule has 0 spiro atoms. The SMILES string of the molecule is O=S(=O)(c1ccc2c(c1)OCCO2)N(Cc1cccs1)C1CC1. The van der Waals surface area contributed by atoms with E-state index in [0.717, 1.165) is 17.7 Å². The summed E-state index contributed by atoms with van der Waals surface area (Å²) in [4.78, 5) is 1.32. The number of sulfonamides is 1. The van der Waals surface area contributed by atoms with Crippen molar-refractivity contribution in [3.8, 4) is 11.5 Å². The van der Waals surface area contributed by atoms with Crippen LogP contribution in [0.4, 0.5) is 0 Å². The lowest BCUT2D eigenvalue weighted by atomic mass is 10.3. The fourth-order valence-electron chi connectivity index (χ4n) is 2.65. The summed E-state index contributed by atoms with van der Waals surface area (Å²) in [5.41, 5.74) is 0. The Morgan fingerprint density at radius 1 is 1.13 bits per heavy atom. The first kappa shape index (κ1) is 15.0. The van der Waals surface area contributed by atoms with Gasteiger partial charge in [-0.25, -0.2) is 8.42 Å². The van der Waals surface area contributed by atoms with Crippen molar-refractivity contribution in [3.05, 3.63) is 40.6 Å². The van der Waals surface area contributed by atoms with Crippen LogP contribution in [0.2, 0.25) is 0 Å². The number of benzene rings is 1. The Balaban J connectivity index is 1.67. The predicted molar refractivity (Wildman–Crippen MR) is 87.5 cm³/mol.